The van der Waals surface area contributed by atoms with Crippen LogP contribution in [0.1, 0.15) is 23.6 Å². The van der Waals surface area contributed by atoms with Crippen LogP contribution in [0.2, 0.25) is 0 Å². The van der Waals surface area contributed by atoms with E-state index in [9.17, 15) is 4.79 Å². The third kappa shape index (κ3) is 3.90. The number of aliphatic imine (C=N–C) groups is 1. The Balaban J connectivity index is 1.78. The normalized spacial score (nSPS) is 17.7. The number of rotatable bonds is 3. The number of nitrogens with zero attached hydrogens (tertiary/aromatic N) is 1. The molecule has 2 aromatic rings. The molecule has 0 unspecified atom stereocenters. The second-order valence-corrected chi connectivity index (χ2v) is 6.44. The van der Waals surface area contributed by atoms with Crippen LogP contribution >= 0.6 is 11.8 Å². The predicted molar refractivity (Wildman–Crippen MR) is 97.8 cm³/mol. The molecule has 0 atom stereocenters. The Bertz CT molecular complexity index is 774. The molecule has 0 saturated carbocycles. The van der Waals surface area contributed by atoms with Gasteiger partial charge < -0.3 is 5.32 Å². The van der Waals surface area contributed by atoms with Gasteiger partial charge in [0.1, 0.15) is 0 Å². The average molecular weight is 322 g/mol. The number of amides is 1. The fourth-order valence-electron chi connectivity index (χ4n) is 2.22. The molecule has 1 fully saturated rings. The molecule has 4 heteroatoms. The molecule has 1 saturated heterocycles. The first-order valence-electron chi connectivity index (χ1n) is 7.59. The highest BCUT2D eigenvalue weighted by Gasteiger charge is 2.23. The lowest BCUT2D eigenvalue weighted by atomic mass is 10.1. The Kier molecular flexibility index (Phi) is 4.63. The summed E-state index contributed by atoms with van der Waals surface area (Å²) in [4.78, 5) is 17.2. The van der Waals surface area contributed by atoms with Gasteiger partial charge in [-0.15, -0.1) is 0 Å². The molecule has 0 spiro atoms. The lowest BCUT2D eigenvalue weighted by Crippen LogP contribution is -2.19. The van der Waals surface area contributed by atoms with E-state index in [4.69, 9.17) is 0 Å². The zero-order chi connectivity index (χ0) is 16.2. The molecule has 1 heterocycles. The summed E-state index contributed by atoms with van der Waals surface area (Å²) < 4.78 is 0. The molecular weight excluding hydrogens is 304 g/mol. The number of hydrogen-bond acceptors (Lipinski definition) is 3. The summed E-state index contributed by atoms with van der Waals surface area (Å²) in [6.45, 7) is 4.16. The van der Waals surface area contributed by atoms with Gasteiger partial charge in [-0.05, 0) is 54.4 Å². The molecule has 0 aliphatic carbocycles. The van der Waals surface area contributed by atoms with Crippen molar-refractivity contribution >= 4 is 34.6 Å². The van der Waals surface area contributed by atoms with Crippen LogP contribution in [0.4, 0.5) is 5.69 Å². The summed E-state index contributed by atoms with van der Waals surface area (Å²) in [5.41, 5.74) is 4.34. The number of benzene rings is 2. The van der Waals surface area contributed by atoms with E-state index in [0.717, 1.165) is 17.7 Å². The summed E-state index contributed by atoms with van der Waals surface area (Å²) >= 11 is 1.37. The van der Waals surface area contributed by atoms with E-state index in [-0.39, 0.29) is 5.91 Å². The first-order valence-corrected chi connectivity index (χ1v) is 8.41. The van der Waals surface area contributed by atoms with Gasteiger partial charge in [-0.2, -0.15) is 0 Å². The summed E-state index contributed by atoms with van der Waals surface area (Å²) in [6, 6.07) is 16.2. The highest BCUT2D eigenvalue weighted by Crippen LogP contribution is 2.28. The summed E-state index contributed by atoms with van der Waals surface area (Å²) in [6.07, 6.45) is 2.91. The molecule has 3 rings (SSSR count). The molecule has 23 heavy (non-hydrogen) atoms. The van der Waals surface area contributed by atoms with Crippen LogP contribution in [-0.2, 0) is 11.2 Å². The zero-order valence-corrected chi connectivity index (χ0v) is 14.0. The summed E-state index contributed by atoms with van der Waals surface area (Å²) in [5.74, 6) is -0.0968. The van der Waals surface area contributed by atoms with Crippen LogP contribution in [0.5, 0.6) is 0 Å². The molecular formula is C19H18N2OS. The van der Waals surface area contributed by atoms with Crippen molar-refractivity contribution in [1.29, 1.82) is 0 Å². The highest BCUT2D eigenvalue weighted by atomic mass is 32.2. The second kappa shape index (κ2) is 6.84. The van der Waals surface area contributed by atoms with Crippen LogP contribution < -0.4 is 5.32 Å². The van der Waals surface area contributed by atoms with E-state index in [0.29, 0.717) is 10.1 Å². The van der Waals surface area contributed by atoms with Gasteiger partial charge in [-0.25, -0.2) is 4.99 Å². The first-order chi connectivity index (χ1) is 11.1. The predicted octanol–water partition coefficient (Wildman–Crippen LogP) is 4.45. The quantitative estimate of drug-likeness (QED) is 0.848. The molecule has 3 nitrogen and oxygen atoms in total. The van der Waals surface area contributed by atoms with Gasteiger partial charge in [0, 0.05) is 0 Å². The third-order valence-corrected chi connectivity index (χ3v) is 4.51. The maximum Gasteiger partial charge on any atom is 0.264 e. The topological polar surface area (TPSA) is 41.5 Å². The Morgan fingerprint density at radius 1 is 1.09 bits per heavy atom. The van der Waals surface area contributed by atoms with Crippen LogP contribution in [0.25, 0.3) is 6.08 Å². The molecule has 1 N–H and O–H groups in total. The van der Waals surface area contributed by atoms with E-state index in [1.54, 1.807) is 0 Å². The van der Waals surface area contributed by atoms with Crippen LogP contribution in [0.3, 0.4) is 0 Å². The smallest absolute Gasteiger partial charge is 0.264 e. The minimum Gasteiger partial charge on any atom is -0.300 e. The van der Waals surface area contributed by atoms with Crippen molar-refractivity contribution in [3.05, 3.63) is 70.1 Å². The van der Waals surface area contributed by atoms with E-state index >= 15 is 0 Å². The highest BCUT2D eigenvalue weighted by molar-refractivity contribution is 8.18. The molecule has 116 valence electrons. The standard InChI is InChI=1S/C19H18N2OS/c1-3-14-6-8-15(9-7-14)12-17-18(22)21-19(23-17)20-16-10-4-13(2)5-11-16/h4-12H,3H2,1-2H3,(H,20,21,22)/b17-12+. The SMILES string of the molecule is CCc1ccc(/C=C2/SC(=Nc3ccc(C)cc3)NC2=O)cc1. The van der Waals surface area contributed by atoms with Crippen molar-refractivity contribution in [2.75, 3.05) is 0 Å². The van der Waals surface area contributed by atoms with Crippen LogP contribution in [0.15, 0.2) is 58.4 Å². The van der Waals surface area contributed by atoms with Crippen molar-refractivity contribution in [2.24, 2.45) is 4.99 Å². The second-order valence-electron chi connectivity index (χ2n) is 5.41. The van der Waals surface area contributed by atoms with Gasteiger partial charge in [0.15, 0.2) is 5.17 Å². The maximum atomic E-state index is 12.1. The summed E-state index contributed by atoms with van der Waals surface area (Å²) in [7, 11) is 0. The van der Waals surface area contributed by atoms with Crippen molar-refractivity contribution in [3.63, 3.8) is 0 Å². The Morgan fingerprint density at radius 3 is 2.43 bits per heavy atom. The molecule has 1 amide bonds. The number of nitrogens with one attached hydrogen (secondary N) is 1. The number of carbonyl (C=O) groups is 1. The van der Waals surface area contributed by atoms with Gasteiger partial charge >= 0.3 is 0 Å². The fraction of sp³-hybridized carbons (Fsp3) is 0.158. The molecule has 1 aliphatic heterocycles. The average Bonchev–Trinajstić information content (AvgIpc) is 2.90. The molecule has 2 aromatic carbocycles. The Labute approximate surface area is 140 Å². The minimum atomic E-state index is -0.0968. The molecule has 0 radical (unpaired) electrons. The van der Waals surface area contributed by atoms with Gasteiger partial charge in [0.25, 0.3) is 5.91 Å². The monoisotopic (exact) mass is 322 g/mol. The zero-order valence-electron chi connectivity index (χ0n) is 13.2. The number of carbonyl (C=O) groups excluding carboxylic acids is 1. The molecule has 0 bridgehead atoms. The molecule has 1 aliphatic rings. The van der Waals surface area contributed by atoms with E-state index in [2.05, 4.69) is 29.4 Å². The van der Waals surface area contributed by atoms with Gasteiger partial charge in [0.05, 0.1) is 10.6 Å². The maximum absolute atomic E-state index is 12.1. The van der Waals surface area contributed by atoms with Crippen molar-refractivity contribution in [2.45, 2.75) is 20.3 Å². The Hall–Kier alpha value is -2.33. The fourth-order valence-corrected chi connectivity index (χ4v) is 3.06. The van der Waals surface area contributed by atoms with Gasteiger partial charge in [-0.1, -0.05) is 48.9 Å². The van der Waals surface area contributed by atoms with Crippen molar-refractivity contribution in [3.8, 4) is 0 Å². The van der Waals surface area contributed by atoms with E-state index in [1.165, 1.54) is 22.9 Å². The number of hydrogen-bond donors (Lipinski definition) is 1. The minimum absolute atomic E-state index is 0.0968. The van der Waals surface area contributed by atoms with Crippen molar-refractivity contribution in [1.82, 2.24) is 5.32 Å². The van der Waals surface area contributed by atoms with Gasteiger partial charge in [0.2, 0.25) is 0 Å². The van der Waals surface area contributed by atoms with Crippen LogP contribution in [-0.4, -0.2) is 11.1 Å². The molecule has 0 aromatic heterocycles. The number of amidine groups is 1. The Morgan fingerprint density at radius 2 is 1.78 bits per heavy atom. The lowest BCUT2D eigenvalue weighted by molar-refractivity contribution is -0.115. The van der Waals surface area contributed by atoms with E-state index < -0.39 is 0 Å². The van der Waals surface area contributed by atoms with Crippen LogP contribution in [0, 0.1) is 6.92 Å². The lowest BCUT2D eigenvalue weighted by Gasteiger charge is -1.98. The van der Waals surface area contributed by atoms with E-state index in [1.807, 2.05) is 49.4 Å². The first kappa shape index (κ1) is 15.6. The third-order valence-electron chi connectivity index (χ3n) is 3.60. The van der Waals surface area contributed by atoms with Crippen molar-refractivity contribution < 1.29 is 4.79 Å². The summed E-state index contributed by atoms with van der Waals surface area (Å²) in [5, 5.41) is 3.44. The number of aryl methyl sites for hydroxylation is 2. The number of thioether (sulfide) groups is 1. The largest absolute Gasteiger partial charge is 0.300 e. The van der Waals surface area contributed by atoms with Gasteiger partial charge in [-0.3, -0.25) is 4.79 Å².